The molecule has 1 aliphatic heterocycles. The lowest BCUT2D eigenvalue weighted by Crippen LogP contribution is -2.19. The molecule has 35 heavy (non-hydrogen) atoms. The van der Waals surface area contributed by atoms with Crippen molar-refractivity contribution in [3.63, 3.8) is 0 Å². The molecular weight excluding hydrogens is 524 g/mol. The number of nitrogens with zero attached hydrogens (tertiary/aromatic N) is 4. The lowest BCUT2D eigenvalue weighted by molar-refractivity contribution is -0.0114. The van der Waals surface area contributed by atoms with Gasteiger partial charge in [0.25, 0.3) is 0 Å². The van der Waals surface area contributed by atoms with E-state index >= 15 is 0 Å². The number of fused-ring (bicyclic) bond motifs is 1. The number of ether oxygens (including phenoxy) is 1. The molecule has 2 fully saturated rings. The Morgan fingerprint density at radius 2 is 1.89 bits per heavy atom. The van der Waals surface area contributed by atoms with Gasteiger partial charge in [0.2, 0.25) is 5.28 Å². The first-order valence-electron chi connectivity index (χ1n) is 11.2. The van der Waals surface area contributed by atoms with Crippen molar-refractivity contribution in [2.45, 2.75) is 56.5 Å². The van der Waals surface area contributed by atoms with Gasteiger partial charge in [-0.1, -0.05) is 12.8 Å². The molecule has 2 N–H and O–H groups in total. The Morgan fingerprint density at radius 3 is 2.54 bits per heavy atom. The Hall–Kier alpha value is -1.14. The van der Waals surface area contributed by atoms with Gasteiger partial charge < -0.3 is 33.3 Å². The van der Waals surface area contributed by atoms with E-state index in [1.807, 2.05) is 0 Å². The second kappa shape index (κ2) is 11.1. The van der Waals surface area contributed by atoms with Crippen LogP contribution in [0.15, 0.2) is 6.20 Å². The maximum Gasteiger partial charge on any atom is 0.342 e. The molecule has 0 spiro atoms. The van der Waals surface area contributed by atoms with Crippen LogP contribution in [0.1, 0.15) is 43.9 Å². The maximum atomic E-state index is 12.9. The van der Waals surface area contributed by atoms with Crippen LogP contribution < -0.4 is 5.32 Å². The van der Waals surface area contributed by atoms with E-state index in [1.54, 1.807) is 6.20 Å². The van der Waals surface area contributed by atoms with E-state index in [0.717, 1.165) is 25.7 Å². The third-order valence-electron chi connectivity index (χ3n) is 6.18. The first kappa shape index (κ1) is 26.9. The number of hydrogen-bond donors (Lipinski definition) is 2. The monoisotopic (exact) mass is 553 g/mol. The molecule has 1 unspecified atom stereocenters. The van der Waals surface area contributed by atoms with E-state index in [2.05, 4.69) is 20.4 Å². The van der Waals surface area contributed by atoms with Crippen LogP contribution in [0.2, 0.25) is 5.28 Å². The average molecular weight is 554 g/mol. The van der Waals surface area contributed by atoms with Crippen LogP contribution >= 0.6 is 26.8 Å². The fourth-order valence-corrected chi connectivity index (χ4v) is 8.51. The highest BCUT2D eigenvalue weighted by Gasteiger charge is 2.41. The van der Waals surface area contributed by atoms with Crippen LogP contribution in [-0.4, -0.2) is 76.8 Å². The van der Waals surface area contributed by atoms with Crippen molar-refractivity contribution in [1.29, 1.82) is 0 Å². The Labute approximate surface area is 207 Å². The molecule has 0 radical (unpaired) electrons. The molecule has 0 bridgehead atoms. The van der Waals surface area contributed by atoms with Crippen LogP contribution in [0.25, 0.3) is 5.65 Å². The highest BCUT2D eigenvalue weighted by atomic mass is 35.5. The van der Waals surface area contributed by atoms with Crippen molar-refractivity contribution in [1.82, 2.24) is 19.6 Å². The molecule has 1 aliphatic carbocycles. The van der Waals surface area contributed by atoms with Crippen LogP contribution in [0.3, 0.4) is 0 Å². The topological polar surface area (TPSA) is 156 Å². The highest BCUT2D eigenvalue weighted by Crippen LogP contribution is 2.63. The van der Waals surface area contributed by atoms with Gasteiger partial charge in [0.15, 0.2) is 17.4 Å². The smallest absolute Gasteiger partial charge is 0.342 e. The van der Waals surface area contributed by atoms with E-state index in [9.17, 15) is 14.2 Å². The fraction of sp³-hybridized carbons (Fsp3) is 0.737. The van der Waals surface area contributed by atoms with Crippen molar-refractivity contribution in [2.24, 2.45) is 0 Å². The minimum Gasteiger partial charge on any atom is -0.390 e. The first-order chi connectivity index (χ1) is 16.7. The number of imidazole rings is 1. The molecule has 2 aromatic heterocycles. The molecule has 1 saturated heterocycles. The van der Waals surface area contributed by atoms with Gasteiger partial charge in [0.1, 0.15) is 6.10 Å². The molecule has 2 aliphatic rings. The zero-order valence-electron chi connectivity index (χ0n) is 19.7. The number of aliphatic hydroxyl groups is 1. The van der Waals surface area contributed by atoms with Gasteiger partial charge in [-0.2, -0.15) is 4.98 Å². The molecule has 2 aromatic rings. The number of rotatable bonds is 11. The number of halogens is 1. The van der Waals surface area contributed by atoms with Gasteiger partial charge in [-0.15, -0.1) is 5.10 Å². The predicted octanol–water partition coefficient (Wildman–Crippen LogP) is 3.62. The Bertz CT molecular complexity index is 1120. The zero-order valence-corrected chi connectivity index (χ0v) is 22.2. The van der Waals surface area contributed by atoms with E-state index in [0.29, 0.717) is 23.2 Å². The second-order valence-corrected chi connectivity index (χ2v) is 13.7. The summed E-state index contributed by atoms with van der Waals surface area (Å²) in [6.07, 6.45) is 3.84. The molecule has 13 nitrogen and oxygen atoms in total. The number of hydrogen-bond acceptors (Lipinski definition) is 12. The summed E-state index contributed by atoms with van der Waals surface area (Å²) >= 11 is 6.18. The zero-order chi connectivity index (χ0) is 25.2. The number of anilines is 1. The van der Waals surface area contributed by atoms with E-state index in [1.165, 1.54) is 25.8 Å². The molecule has 1 saturated carbocycles. The molecule has 196 valence electrons. The fourth-order valence-electron chi connectivity index (χ4n) is 4.30. The predicted molar refractivity (Wildman–Crippen MR) is 127 cm³/mol. The summed E-state index contributed by atoms with van der Waals surface area (Å²) in [7, 11) is -3.90. The SMILES string of the molecule is COP(=O)(CP(=O)(OC)OC[C@@H]1C[C@@H](O)[C@H](c2cnc3c(NC4CCCC4)nc(Cl)nn23)O1)OC. The Kier molecular flexibility index (Phi) is 8.52. The summed E-state index contributed by atoms with van der Waals surface area (Å²) in [5, 5.41) is 18.4. The van der Waals surface area contributed by atoms with E-state index < -0.39 is 39.4 Å². The van der Waals surface area contributed by atoms with E-state index in [-0.39, 0.29) is 18.3 Å². The van der Waals surface area contributed by atoms with Gasteiger partial charge in [-0.3, -0.25) is 9.13 Å². The van der Waals surface area contributed by atoms with Crippen molar-refractivity contribution in [2.75, 3.05) is 39.2 Å². The lowest BCUT2D eigenvalue weighted by Gasteiger charge is -2.22. The Morgan fingerprint density at radius 1 is 1.20 bits per heavy atom. The van der Waals surface area contributed by atoms with Crippen LogP contribution in [0.4, 0.5) is 5.82 Å². The van der Waals surface area contributed by atoms with E-state index in [4.69, 9.17) is 34.4 Å². The van der Waals surface area contributed by atoms with Gasteiger partial charge in [-0.05, 0) is 24.4 Å². The Balaban J connectivity index is 1.47. The highest BCUT2D eigenvalue weighted by molar-refractivity contribution is 7.71. The van der Waals surface area contributed by atoms with Crippen molar-refractivity contribution in [3.8, 4) is 0 Å². The van der Waals surface area contributed by atoms with Gasteiger partial charge in [-0.25, -0.2) is 9.50 Å². The molecule has 0 aromatic carbocycles. The summed E-state index contributed by atoms with van der Waals surface area (Å²) in [6.45, 7) is -0.174. The normalized spacial score (nSPS) is 25.3. The van der Waals surface area contributed by atoms with Gasteiger partial charge in [0.05, 0.1) is 30.7 Å². The van der Waals surface area contributed by atoms with Gasteiger partial charge in [0, 0.05) is 33.8 Å². The average Bonchev–Trinajstić information content (AvgIpc) is 3.58. The van der Waals surface area contributed by atoms with Crippen molar-refractivity contribution in [3.05, 3.63) is 17.2 Å². The molecule has 0 amide bonds. The number of nitrogens with one attached hydrogen (secondary N) is 1. The summed E-state index contributed by atoms with van der Waals surface area (Å²) in [5.41, 5.74) is 0.970. The third kappa shape index (κ3) is 6.06. The molecule has 4 atom stereocenters. The lowest BCUT2D eigenvalue weighted by atomic mass is 10.1. The summed E-state index contributed by atoms with van der Waals surface area (Å²) in [4.78, 5) is 8.73. The van der Waals surface area contributed by atoms with Crippen LogP contribution in [0.5, 0.6) is 0 Å². The van der Waals surface area contributed by atoms with Crippen molar-refractivity contribution >= 4 is 38.3 Å². The van der Waals surface area contributed by atoms with Crippen LogP contribution in [-0.2, 0) is 32.0 Å². The quantitative estimate of drug-likeness (QED) is 0.390. The summed E-state index contributed by atoms with van der Waals surface area (Å²) in [6, 6.07) is 0.294. The summed E-state index contributed by atoms with van der Waals surface area (Å²) < 4.78 is 52.9. The molecule has 4 rings (SSSR count). The number of aromatic nitrogens is 4. The third-order valence-corrected chi connectivity index (χ3v) is 11.3. The minimum absolute atomic E-state index is 0.0337. The second-order valence-electron chi connectivity index (χ2n) is 8.46. The molecule has 3 heterocycles. The minimum atomic E-state index is -3.81. The molecular formula is C19H30ClN5O8P2. The maximum absolute atomic E-state index is 12.9. The molecule has 16 heteroatoms. The van der Waals surface area contributed by atoms with Crippen molar-refractivity contribution < 1.29 is 37.1 Å². The summed E-state index contributed by atoms with van der Waals surface area (Å²) in [5.74, 6) is -0.0287. The van der Waals surface area contributed by atoms with Gasteiger partial charge >= 0.3 is 15.2 Å². The number of aliphatic hydroxyl groups excluding tert-OH is 1. The standard InChI is InChI=1S/C19H30ClN5O8P2/c1-29-34(27,30-2)11-35(28,31-3)32-10-13-8-15(26)16(33-13)14-9-21-18-17(22-12-6-4-5-7-12)23-19(20)24-25(14)18/h9,12-13,15-16,26H,4-8,10-11H2,1-3H3,(H,22,23,24)/t13-,15+,16-,35?/m0/s1. The first-order valence-corrected chi connectivity index (χ1v) is 15.0. The van der Waals surface area contributed by atoms with Crippen LogP contribution in [0, 0.1) is 0 Å². The largest absolute Gasteiger partial charge is 0.390 e.